The van der Waals surface area contributed by atoms with E-state index in [-0.39, 0.29) is 23.8 Å². The van der Waals surface area contributed by atoms with Gasteiger partial charge in [0.15, 0.2) is 0 Å². The molecule has 0 spiro atoms. The topological polar surface area (TPSA) is 86.8 Å². The Morgan fingerprint density at radius 3 is 2.65 bits per heavy atom. The van der Waals surface area contributed by atoms with Crippen LogP contribution in [0.25, 0.3) is 0 Å². The molecule has 2 amide bonds. The summed E-state index contributed by atoms with van der Waals surface area (Å²) in [5.74, 6) is 1.22. The van der Waals surface area contributed by atoms with Crippen LogP contribution < -0.4 is 10.6 Å². The minimum atomic E-state index is -0.0370. The van der Waals surface area contributed by atoms with Crippen LogP contribution in [0.3, 0.4) is 0 Å². The monoisotopic (exact) mass is 431 g/mol. The van der Waals surface area contributed by atoms with Crippen LogP contribution in [0.4, 0.5) is 5.82 Å². The minimum absolute atomic E-state index is 0.0147. The molecular weight excluding hydrogens is 394 g/mol. The van der Waals surface area contributed by atoms with Crippen LogP contribution in [-0.4, -0.2) is 85.1 Å². The van der Waals surface area contributed by atoms with Crippen molar-refractivity contribution in [1.29, 1.82) is 0 Å². The van der Waals surface area contributed by atoms with E-state index < -0.39 is 0 Å². The van der Waals surface area contributed by atoms with E-state index >= 15 is 0 Å². The number of likely N-dealkylation sites (tertiary alicyclic amines) is 1. The maximum Gasteiger partial charge on any atom is 0.234 e. The average molecular weight is 432 g/mol. The van der Waals surface area contributed by atoms with Crippen molar-refractivity contribution in [3.63, 3.8) is 0 Å². The largest absolute Gasteiger partial charge is 0.374 e. The fraction of sp³-hybridized carbons (Fsp3) is 0.696. The van der Waals surface area contributed by atoms with Gasteiger partial charge in [-0.25, -0.2) is 4.98 Å². The van der Waals surface area contributed by atoms with Crippen molar-refractivity contribution in [1.82, 2.24) is 20.1 Å². The van der Waals surface area contributed by atoms with Crippen molar-refractivity contribution in [3.05, 3.63) is 23.9 Å². The van der Waals surface area contributed by atoms with Crippen molar-refractivity contribution in [2.45, 2.75) is 39.7 Å². The smallest absolute Gasteiger partial charge is 0.234 e. The molecule has 2 aliphatic heterocycles. The van der Waals surface area contributed by atoms with Crippen LogP contribution >= 0.6 is 0 Å². The highest BCUT2D eigenvalue weighted by Crippen LogP contribution is 2.19. The van der Waals surface area contributed by atoms with Gasteiger partial charge in [-0.2, -0.15) is 0 Å². The number of carbonyl (C=O) groups excluding carboxylic acids is 2. The van der Waals surface area contributed by atoms with E-state index in [1.165, 1.54) is 0 Å². The van der Waals surface area contributed by atoms with Gasteiger partial charge in [0.1, 0.15) is 5.82 Å². The Labute approximate surface area is 185 Å². The molecule has 0 saturated carbocycles. The Hall–Kier alpha value is -2.03. The standard InChI is InChI=1S/C23H37N5O3/c1-17(2)14-28-10-11-31-20(15-28)13-25-22(29)16-27-8-6-19(7-9-27)23(30)26-21-5-4-18(3)12-24-21/h4-5,12,17,19-20H,6-11,13-16H2,1-3H3,(H,25,29)(H,24,26,30). The molecule has 1 aromatic rings. The highest BCUT2D eigenvalue weighted by molar-refractivity contribution is 5.91. The molecule has 3 heterocycles. The van der Waals surface area contributed by atoms with Crippen molar-refractivity contribution in [2.24, 2.45) is 11.8 Å². The van der Waals surface area contributed by atoms with Crippen LogP contribution in [0.15, 0.2) is 18.3 Å². The lowest BCUT2D eigenvalue weighted by Gasteiger charge is -2.34. The van der Waals surface area contributed by atoms with E-state index in [9.17, 15) is 9.59 Å². The third-order valence-corrected chi connectivity index (χ3v) is 5.86. The van der Waals surface area contributed by atoms with Gasteiger partial charge in [0.2, 0.25) is 11.8 Å². The van der Waals surface area contributed by atoms with Gasteiger partial charge >= 0.3 is 0 Å². The summed E-state index contributed by atoms with van der Waals surface area (Å²) in [6.45, 7) is 12.4. The number of hydrogen-bond donors (Lipinski definition) is 2. The quantitative estimate of drug-likeness (QED) is 0.649. The second-order valence-corrected chi connectivity index (χ2v) is 9.21. The van der Waals surface area contributed by atoms with Gasteiger partial charge in [-0.1, -0.05) is 19.9 Å². The van der Waals surface area contributed by atoms with Gasteiger partial charge in [-0.15, -0.1) is 0 Å². The maximum atomic E-state index is 12.5. The fourth-order valence-electron chi connectivity index (χ4n) is 4.20. The summed E-state index contributed by atoms with van der Waals surface area (Å²) < 4.78 is 5.81. The molecule has 0 aromatic carbocycles. The van der Waals surface area contributed by atoms with Crippen LogP contribution in [0.2, 0.25) is 0 Å². The van der Waals surface area contributed by atoms with Gasteiger partial charge in [0.25, 0.3) is 0 Å². The summed E-state index contributed by atoms with van der Waals surface area (Å²) in [5, 5.41) is 5.93. The third-order valence-electron chi connectivity index (χ3n) is 5.86. The second-order valence-electron chi connectivity index (χ2n) is 9.21. The predicted octanol–water partition coefficient (Wildman–Crippen LogP) is 1.51. The number of carbonyl (C=O) groups is 2. The Morgan fingerprint density at radius 1 is 1.19 bits per heavy atom. The van der Waals surface area contributed by atoms with Crippen LogP contribution in [0, 0.1) is 18.8 Å². The number of nitrogens with one attached hydrogen (secondary N) is 2. The lowest BCUT2D eigenvalue weighted by Crippen LogP contribution is -2.50. The van der Waals surface area contributed by atoms with E-state index in [2.05, 4.69) is 39.3 Å². The summed E-state index contributed by atoms with van der Waals surface area (Å²) in [7, 11) is 0. The maximum absolute atomic E-state index is 12.5. The molecule has 8 heteroatoms. The number of aryl methyl sites for hydroxylation is 1. The van der Waals surface area contributed by atoms with E-state index in [1.807, 2.05) is 19.1 Å². The Morgan fingerprint density at radius 2 is 1.97 bits per heavy atom. The number of hydrogen-bond acceptors (Lipinski definition) is 6. The van der Waals surface area contributed by atoms with Crippen molar-refractivity contribution in [3.8, 4) is 0 Å². The molecule has 0 aliphatic carbocycles. The van der Waals surface area contributed by atoms with Crippen molar-refractivity contribution in [2.75, 3.05) is 57.7 Å². The highest BCUT2D eigenvalue weighted by atomic mass is 16.5. The molecule has 1 atom stereocenters. The number of ether oxygens (including phenoxy) is 1. The molecule has 2 fully saturated rings. The molecule has 172 valence electrons. The van der Waals surface area contributed by atoms with Crippen molar-refractivity contribution >= 4 is 17.6 Å². The zero-order valence-corrected chi connectivity index (χ0v) is 19.1. The molecule has 1 aromatic heterocycles. The number of pyridine rings is 1. The SMILES string of the molecule is Cc1ccc(NC(=O)C2CCN(CC(=O)NCC3CN(CC(C)C)CCO3)CC2)nc1. The van der Waals surface area contributed by atoms with Crippen LogP contribution in [0.1, 0.15) is 32.3 Å². The van der Waals surface area contributed by atoms with E-state index in [0.29, 0.717) is 24.8 Å². The average Bonchev–Trinajstić information content (AvgIpc) is 2.74. The molecule has 31 heavy (non-hydrogen) atoms. The van der Waals surface area contributed by atoms with Gasteiger partial charge in [-0.05, 0) is 50.4 Å². The minimum Gasteiger partial charge on any atom is -0.374 e. The first-order valence-corrected chi connectivity index (χ1v) is 11.5. The summed E-state index contributed by atoms with van der Waals surface area (Å²) in [6.07, 6.45) is 3.31. The third kappa shape index (κ3) is 7.87. The zero-order valence-electron chi connectivity index (χ0n) is 19.1. The summed E-state index contributed by atoms with van der Waals surface area (Å²) in [6, 6.07) is 3.76. The van der Waals surface area contributed by atoms with Gasteiger partial charge < -0.3 is 15.4 Å². The molecule has 2 saturated heterocycles. The van der Waals surface area contributed by atoms with Gasteiger partial charge in [0, 0.05) is 38.3 Å². The first kappa shape index (κ1) is 23.6. The lowest BCUT2D eigenvalue weighted by atomic mass is 9.96. The number of piperidine rings is 1. The Bertz CT molecular complexity index is 716. The molecule has 2 aliphatic rings. The number of aromatic nitrogens is 1. The molecule has 3 rings (SSSR count). The number of nitrogens with zero attached hydrogens (tertiary/aromatic N) is 3. The van der Waals surface area contributed by atoms with E-state index in [4.69, 9.17) is 4.74 Å². The molecule has 8 nitrogen and oxygen atoms in total. The van der Waals surface area contributed by atoms with Crippen LogP contribution in [0.5, 0.6) is 0 Å². The fourth-order valence-corrected chi connectivity index (χ4v) is 4.20. The Balaban J connectivity index is 1.33. The first-order chi connectivity index (χ1) is 14.9. The van der Waals surface area contributed by atoms with Crippen molar-refractivity contribution < 1.29 is 14.3 Å². The Kier molecular flexibility index (Phi) is 8.80. The molecular formula is C23H37N5O3. The summed E-state index contributed by atoms with van der Waals surface area (Å²) >= 11 is 0. The number of morpholine rings is 1. The van der Waals surface area contributed by atoms with E-state index in [0.717, 1.165) is 57.7 Å². The number of rotatable bonds is 8. The second kappa shape index (κ2) is 11.5. The first-order valence-electron chi connectivity index (χ1n) is 11.5. The molecule has 2 N–H and O–H groups in total. The van der Waals surface area contributed by atoms with E-state index in [1.54, 1.807) is 6.20 Å². The van der Waals surface area contributed by atoms with Crippen LogP contribution in [-0.2, 0) is 14.3 Å². The number of amides is 2. The van der Waals surface area contributed by atoms with Gasteiger partial charge in [0.05, 0.1) is 19.3 Å². The predicted molar refractivity (Wildman–Crippen MR) is 121 cm³/mol. The number of anilines is 1. The normalized spacial score (nSPS) is 21.2. The summed E-state index contributed by atoms with van der Waals surface area (Å²) in [4.78, 5) is 33.6. The molecule has 0 radical (unpaired) electrons. The molecule has 0 bridgehead atoms. The lowest BCUT2D eigenvalue weighted by molar-refractivity contribution is -0.124. The summed E-state index contributed by atoms with van der Waals surface area (Å²) in [5.41, 5.74) is 1.06. The zero-order chi connectivity index (χ0) is 22.2. The van der Waals surface area contributed by atoms with Gasteiger partial charge in [-0.3, -0.25) is 19.4 Å². The molecule has 1 unspecified atom stereocenters. The highest BCUT2D eigenvalue weighted by Gasteiger charge is 2.27.